The van der Waals surface area contributed by atoms with Crippen LogP contribution in [0.15, 0.2) is 29.2 Å². The van der Waals surface area contributed by atoms with Crippen molar-refractivity contribution in [1.29, 1.82) is 0 Å². The maximum absolute atomic E-state index is 12.5. The molecule has 1 aliphatic heterocycles. The van der Waals surface area contributed by atoms with Gasteiger partial charge in [0, 0.05) is 6.54 Å². The van der Waals surface area contributed by atoms with Crippen molar-refractivity contribution >= 4 is 27.4 Å². The van der Waals surface area contributed by atoms with E-state index in [1.54, 1.807) is 24.3 Å². The zero-order valence-corrected chi connectivity index (χ0v) is 12.2. The van der Waals surface area contributed by atoms with E-state index in [2.05, 4.69) is 0 Å². The molecular weight excluding hydrogens is 286 g/mol. The highest BCUT2D eigenvalue weighted by Crippen LogP contribution is 2.26. The van der Waals surface area contributed by atoms with Crippen LogP contribution in [0.5, 0.6) is 0 Å². The molecule has 1 saturated heterocycles. The average molecular weight is 302 g/mol. The molecule has 2 rings (SSSR count). The second kappa shape index (κ2) is 5.61. The van der Waals surface area contributed by atoms with E-state index in [-0.39, 0.29) is 16.6 Å². The van der Waals surface area contributed by atoms with Crippen LogP contribution in [0, 0.1) is 6.92 Å². The number of benzene rings is 1. The Bertz CT molecular complexity index is 568. The molecule has 6 heteroatoms. The molecule has 19 heavy (non-hydrogen) atoms. The van der Waals surface area contributed by atoms with Crippen molar-refractivity contribution in [3.8, 4) is 0 Å². The number of halogens is 1. The number of rotatable bonds is 4. The first-order chi connectivity index (χ1) is 8.96. The normalized spacial score (nSPS) is 20.6. The number of hydrogen-bond acceptors (Lipinski definition) is 3. The summed E-state index contributed by atoms with van der Waals surface area (Å²) in [6.07, 6.45) is 1.25. The van der Waals surface area contributed by atoms with Crippen molar-refractivity contribution in [2.75, 3.05) is 12.4 Å². The second-order valence-electron chi connectivity index (χ2n) is 4.69. The third kappa shape index (κ3) is 2.83. The largest absolute Gasteiger partial charge is 0.297 e. The van der Waals surface area contributed by atoms with Gasteiger partial charge in [0.15, 0.2) is 5.78 Å². The third-order valence-electron chi connectivity index (χ3n) is 3.33. The van der Waals surface area contributed by atoms with E-state index in [1.807, 2.05) is 6.92 Å². The van der Waals surface area contributed by atoms with Crippen molar-refractivity contribution in [3.05, 3.63) is 29.8 Å². The summed E-state index contributed by atoms with van der Waals surface area (Å²) in [7, 11) is -3.61. The molecule has 4 nitrogen and oxygen atoms in total. The Morgan fingerprint density at radius 2 is 2.00 bits per heavy atom. The van der Waals surface area contributed by atoms with E-state index in [9.17, 15) is 13.2 Å². The SMILES string of the molecule is Cc1ccc(S(=O)(=O)N2CCCC2C(=O)CCl)cc1. The Morgan fingerprint density at radius 1 is 1.37 bits per heavy atom. The van der Waals surface area contributed by atoms with Crippen LogP contribution in [-0.4, -0.2) is 37.0 Å². The Morgan fingerprint density at radius 3 is 2.58 bits per heavy atom. The van der Waals surface area contributed by atoms with Crippen molar-refractivity contribution in [3.63, 3.8) is 0 Å². The smallest absolute Gasteiger partial charge is 0.243 e. The molecule has 1 aromatic carbocycles. The van der Waals surface area contributed by atoms with Crippen LogP contribution in [0.3, 0.4) is 0 Å². The third-order valence-corrected chi connectivity index (χ3v) is 5.52. The lowest BCUT2D eigenvalue weighted by Gasteiger charge is -2.22. The monoisotopic (exact) mass is 301 g/mol. The lowest BCUT2D eigenvalue weighted by atomic mass is 10.2. The van der Waals surface area contributed by atoms with E-state index in [0.29, 0.717) is 19.4 Å². The first-order valence-corrected chi connectivity index (χ1v) is 8.11. The quantitative estimate of drug-likeness (QED) is 0.799. The van der Waals surface area contributed by atoms with Gasteiger partial charge in [-0.1, -0.05) is 17.7 Å². The zero-order valence-electron chi connectivity index (χ0n) is 10.7. The number of ketones is 1. The molecule has 0 aliphatic carbocycles. The molecule has 0 bridgehead atoms. The van der Waals surface area contributed by atoms with Crippen molar-refractivity contribution in [1.82, 2.24) is 4.31 Å². The number of carbonyl (C=O) groups excluding carboxylic acids is 1. The van der Waals surface area contributed by atoms with Gasteiger partial charge in [-0.2, -0.15) is 4.31 Å². The Hall–Kier alpha value is -0.910. The molecule has 0 spiro atoms. The highest BCUT2D eigenvalue weighted by molar-refractivity contribution is 7.89. The standard InChI is InChI=1S/C13H16ClNO3S/c1-10-4-6-11(7-5-10)19(17,18)15-8-2-3-12(15)13(16)9-14/h4-7,12H,2-3,8-9H2,1H3. The van der Waals surface area contributed by atoms with Gasteiger partial charge in [0.05, 0.1) is 16.8 Å². The summed E-state index contributed by atoms with van der Waals surface area (Å²) in [6.45, 7) is 2.27. The topological polar surface area (TPSA) is 54.5 Å². The van der Waals surface area contributed by atoms with E-state index >= 15 is 0 Å². The average Bonchev–Trinajstić information content (AvgIpc) is 2.88. The summed E-state index contributed by atoms with van der Waals surface area (Å²) in [5.41, 5.74) is 0.994. The molecule has 1 unspecified atom stereocenters. The van der Waals surface area contributed by atoms with Gasteiger partial charge < -0.3 is 0 Å². The van der Waals surface area contributed by atoms with Crippen LogP contribution < -0.4 is 0 Å². The molecule has 1 heterocycles. The van der Waals surface area contributed by atoms with Gasteiger partial charge >= 0.3 is 0 Å². The predicted octanol–water partition coefficient (Wildman–Crippen LogP) is 1.96. The van der Waals surface area contributed by atoms with E-state index in [4.69, 9.17) is 11.6 Å². The minimum absolute atomic E-state index is 0.148. The molecule has 1 atom stereocenters. The number of alkyl halides is 1. The molecule has 0 amide bonds. The maximum atomic E-state index is 12.5. The lowest BCUT2D eigenvalue weighted by Crippen LogP contribution is -2.41. The summed E-state index contributed by atoms with van der Waals surface area (Å²) in [5, 5.41) is 0. The van der Waals surface area contributed by atoms with Crippen LogP contribution in [-0.2, 0) is 14.8 Å². The first kappa shape index (κ1) is 14.5. The number of carbonyl (C=O) groups is 1. The molecule has 0 radical (unpaired) electrons. The minimum Gasteiger partial charge on any atom is -0.297 e. The van der Waals surface area contributed by atoms with E-state index < -0.39 is 16.1 Å². The van der Waals surface area contributed by atoms with Gasteiger partial charge in [-0.3, -0.25) is 4.79 Å². The Labute approximate surface area is 118 Å². The zero-order chi connectivity index (χ0) is 14.0. The fraction of sp³-hybridized carbons (Fsp3) is 0.462. The predicted molar refractivity (Wildman–Crippen MR) is 73.8 cm³/mol. The highest BCUT2D eigenvalue weighted by atomic mass is 35.5. The Balaban J connectivity index is 2.33. The van der Waals surface area contributed by atoms with Crippen LogP contribution >= 0.6 is 11.6 Å². The van der Waals surface area contributed by atoms with E-state index in [1.165, 1.54) is 4.31 Å². The van der Waals surface area contributed by atoms with Crippen LogP contribution in [0.25, 0.3) is 0 Å². The fourth-order valence-corrected chi connectivity index (χ4v) is 4.14. The van der Waals surface area contributed by atoms with Crippen molar-refractivity contribution in [2.24, 2.45) is 0 Å². The molecule has 0 saturated carbocycles. The van der Waals surface area contributed by atoms with Gasteiger partial charge in [-0.15, -0.1) is 11.6 Å². The Kier molecular flexibility index (Phi) is 4.28. The number of sulfonamides is 1. The first-order valence-electron chi connectivity index (χ1n) is 6.14. The van der Waals surface area contributed by atoms with Gasteiger partial charge in [0.1, 0.15) is 0 Å². The second-order valence-corrected chi connectivity index (χ2v) is 6.84. The van der Waals surface area contributed by atoms with Crippen molar-refractivity contribution < 1.29 is 13.2 Å². The van der Waals surface area contributed by atoms with Gasteiger partial charge in [-0.05, 0) is 31.9 Å². The molecular formula is C13H16ClNO3S. The van der Waals surface area contributed by atoms with Crippen LogP contribution in [0.4, 0.5) is 0 Å². The molecule has 1 fully saturated rings. The molecule has 0 N–H and O–H groups in total. The van der Waals surface area contributed by atoms with Crippen LogP contribution in [0.2, 0.25) is 0 Å². The van der Waals surface area contributed by atoms with Gasteiger partial charge in [0.25, 0.3) is 0 Å². The number of nitrogens with zero attached hydrogens (tertiary/aromatic N) is 1. The summed E-state index contributed by atoms with van der Waals surface area (Å²) in [4.78, 5) is 11.9. The lowest BCUT2D eigenvalue weighted by molar-refractivity contribution is -0.119. The number of aryl methyl sites for hydroxylation is 1. The minimum atomic E-state index is -3.61. The molecule has 1 aliphatic rings. The fourth-order valence-electron chi connectivity index (χ4n) is 2.28. The number of Topliss-reactive ketones (excluding diaryl/α,β-unsaturated/α-hetero) is 1. The summed E-state index contributed by atoms with van der Waals surface area (Å²) in [6, 6.07) is 6.04. The van der Waals surface area contributed by atoms with Gasteiger partial charge in [-0.25, -0.2) is 8.42 Å². The molecule has 1 aromatic rings. The molecule has 0 aromatic heterocycles. The summed E-state index contributed by atoms with van der Waals surface area (Å²) in [5.74, 6) is -0.375. The highest BCUT2D eigenvalue weighted by Gasteiger charge is 2.38. The number of hydrogen-bond donors (Lipinski definition) is 0. The molecule has 104 valence electrons. The van der Waals surface area contributed by atoms with E-state index in [0.717, 1.165) is 5.56 Å². The summed E-state index contributed by atoms with van der Waals surface area (Å²) >= 11 is 5.54. The van der Waals surface area contributed by atoms with Crippen molar-refractivity contribution in [2.45, 2.75) is 30.7 Å². The van der Waals surface area contributed by atoms with Crippen LogP contribution in [0.1, 0.15) is 18.4 Å². The maximum Gasteiger partial charge on any atom is 0.243 e. The summed E-state index contributed by atoms with van der Waals surface area (Å²) < 4.78 is 26.3. The van der Waals surface area contributed by atoms with Gasteiger partial charge in [0.2, 0.25) is 10.0 Å².